The summed E-state index contributed by atoms with van der Waals surface area (Å²) in [5.74, 6) is -1.28. The van der Waals surface area contributed by atoms with Crippen molar-refractivity contribution < 1.29 is 27.8 Å². The highest BCUT2D eigenvalue weighted by molar-refractivity contribution is 7.91. The molecule has 222 valence electrons. The van der Waals surface area contributed by atoms with Crippen molar-refractivity contribution in [3.05, 3.63) is 47.7 Å². The van der Waals surface area contributed by atoms with Crippen molar-refractivity contribution in [2.24, 2.45) is 5.92 Å². The molecule has 0 saturated heterocycles. The van der Waals surface area contributed by atoms with Gasteiger partial charge < -0.3 is 25.6 Å². The number of hydrogen-bond donors (Lipinski definition) is 4. The zero-order chi connectivity index (χ0) is 29.8. The lowest BCUT2D eigenvalue weighted by molar-refractivity contribution is 0.0216. The number of methoxy groups -OCH3 is 1. The Balaban J connectivity index is 1.30. The van der Waals surface area contributed by atoms with E-state index in [2.05, 4.69) is 20.6 Å². The third kappa shape index (κ3) is 5.51. The lowest BCUT2D eigenvalue weighted by Crippen LogP contribution is -2.36. The van der Waals surface area contributed by atoms with E-state index in [0.29, 0.717) is 34.1 Å². The second-order valence-corrected chi connectivity index (χ2v) is 13.9. The number of aliphatic hydroxyl groups is 2. The van der Waals surface area contributed by atoms with Crippen LogP contribution in [0.1, 0.15) is 30.7 Å². The summed E-state index contributed by atoms with van der Waals surface area (Å²) in [6, 6.07) is 4.90. The lowest BCUT2D eigenvalue weighted by atomic mass is 10.1. The molecule has 0 spiro atoms. The molecule has 1 aromatic carbocycles. The van der Waals surface area contributed by atoms with Gasteiger partial charge in [-0.15, -0.1) is 11.3 Å². The summed E-state index contributed by atoms with van der Waals surface area (Å²) in [7, 11) is -2.69. The van der Waals surface area contributed by atoms with Crippen LogP contribution in [0.4, 0.5) is 16.2 Å². The molecule has 6 rings (SSSR count). The Morgan fingerprint density at radius 3 is 2.55 bits per heavy atom. The second kappa shape index (κ2) is 11.0. The van der Waals surface area contributed by atoms with Crippen LogP contribution < -0.4 is 15.4 Å². The van der Waals surface area contributed by atoms with Crippen molar-refractivity contribution in [3.63, 3.8) is 0 Å². The molecule has 0 bridgehead atoms. The molecule has 2 saturated carbocycles. The second-order valence-electron chi connectivity index (χ2n) is 10.8. The fraction of sp³-hybridized carbons (Fsp3) is 0.429. The topological polar surface area (TPSA) is 159 Å². The van der Waals surface area contributed by atoms with Crippen molar-refractivity contribution >= 4 is 43.2 Å². The van der Waals surface area contributed by atoms with Crippen molar-refractivity contribution in [2.45, 2.75) is 62.3 Å². The van der Waals surface area contributed by atoms with Gasteiger partial charge in [0.1, 0.15) is 22.4 Å². The van der Waals surface area contributed by atoms with Crippen LogP contribution in [0.5, 0.6) is 5.75 Å². The zero-order valence-corrected chi connectivity index (χ0v) is 24.8. The largest absolute Gasteiger partial charge is 0.494 e. The van der Waals surface area contributed by atoms with Crippen LogP contribution in [-0.4, -0.2) is 75.7 Å². The highest BCUT2D eigenvalue weighted by Crippen LogP contribution is 2.39. The van der Waals surface area contributed by atoms with Crippen LogP contribution in [0.25, 0.3) is 20.8 Å². The molecule has 11 nitrogen and oxygen atoms in total. The molecule has 3 heterocycles. The molecule has 4 N–H and O–H groups in total. The number of aliphatic hydroxyl groups excluding tert-OH is 2. The number of benzene rings is 1. The summed E-state index contributed by atoms with van der Waals surface area (Å²) < 4.78 is 46.4. The van der Waals surface area contributed by atoms with E-state index in [9.17, 15) is 23.0 Å². The fourth-order valence-corrected chi connectivity index (χ4v) is 8.08. The molecule has 2 aliphatic rings. The van der Waals surface area contributed by atoms with Crippen LogP contribution in [0.15, 0.2) is 35.4 Å². The van der Waals surface area contributed by atoms with Crippen molar-refractivity contribution in [2.75, 3.05) is 23.5 Å². The van der Waals surface area contributed by atoms with Gasteiger partial charge in [-0.2, -0.15) is 4.98 Å². The lowest BCUT2D eigenvalue weighted by Gasteiger charge is -2.21. The number of halogens is 1. The van der Waals surface area contributed by atoms with Gasteiger partial charge in [-0.05, 0) is 57.4 Å². The number of nitrogens with one attached hydrogen (secondary N) is 2. The van der Waals surface area contributed by atoms with Gasteiger partial charge in [0, 0.05) is 18.2 Å². The van der Waals surface area contributed by atoms with E-state index < -0.39 is 45.6 Å². The Kier molecular flexibility index (Phi) is 7.50. The molecule has 4 aromatic rings. The van der Waals surface area contributed by atoms with Gasteiger partial charge in [0.05, 0.1) is 51.6 Å². The van der Waals surface area contributed by atoms with E-state index in [1.165, 1.54) is 30.6 Å². The first-order valence-corrected chi connectivity index (χ1v) is 16.1. The van der Waals surface area contributed by atoms with Crippen LogP contribution in [0.2, 0.25) is 0 Å². The summed E-state index contributed by atoms with van der Waals surface area (Å²) in [6.45, 7) is 3.75. The first-order chi connectivity index (χ1) is 20.0. The molecule has 2 fully saturated rings. The Labute approximate surface area is 246 Å². The normalized spacial score (nSPS) is 22.4. The summed E-state index contributed by atoms with van der Waals surface area (Å²) >= 11 is 1.47. The van der Waals surface area contributed by atoms with Gasteiger partial charge in [-0.3, -0.25) is 4.98 Å². The Morgan fingerprint density at radius 2 is 1.86 bits per heavy atom. The van der Waals surface area contributed by atoms with Gasteiger partial charge in [0.25, 0.3) is 0 Å². The average Bonchev–Trinajstić information content (AvgIpc) is 3.59. The van der Waals surface area contributed by atoms with Crippen molar-refractivity contribution in [1.29, 1.82) is 0 Å². The van der Waals surface area contributed by atoms with E-state index in [-0.39, 0.29) is 17.1 Å². The van der Waals surface area contributed by atoms with E-state index in [0.717, 1.165) is 34.8 Å². The molecule has 3 aromatic heterocycles. The zero-order valence-electron chi connectivity index (χ0n) is 23.2. The molecule has 4 atom stereocenters. The molecule has 0 amide bonds. The smallest absolute Gasteiger partial charge is 0.225 e. The molecule has 0 radical (unpaired) electrons. The van der Waals surface area contributed by atoms with E-state index in [1.54, 1.807) is 6.20 Å². The predicted octanol–water partition coefficient (Wildman–Crippen LogP) is 3.48. The minimum atomic E-state index is -3.98. The molecule has 0 unspecified atom stereocenters. The van der Waals surface area contributed by atoms with E-state index >= 15 is 0 Å². The Hall–Kier alpha value is -3.46. The maximum absolute atomic E-state index is 14.2. The standard InChI is InChI=1S/C28H31FN6O5S2/c1-13-22(27-34-23-14(2)30-9-8-21(23)41-27)26(35-28(31-13)32-16-4-5-16)33-19-10-15(24(36)25(19)37)12-42(38,39)17-6-7-20(40-3)18(29)11-17/h6-9,11,15-16,19,24-25,36-37H,4-5,10,12H2,1-3H3,(H2,31,32,33,35)/t15-,19-,24-,25+/m1/s1. The Morgan fingerprint density at radius 1 is 1.07 bits per heavy atom. The van der Waals surface area contributed by atoms with Crippen molar-refractivity contribution in [1.82, 2.24) is 19.9 Å². The average molecular weight is 615 g/mol. The van der Waals surface area contributed by atoms with E-state index in [1.807, 2.05) is 19.9 Å². The van der Waals surface area contributed by atoms with Crippen LogP contribution in [0, 0.1) is 25.6 Å². The maximum Gasteiger partial charge on any atom is 0.225 e. The molecule has 14 heteroatoms. The fourth-order valence-electron chi connectivity index (χ4n) is 5.32. The van der Waals surface area contributed by atoms with Gasteiger partial charge in [-0.25, -0.2) is 22.8 Å². The van der Waals surface area contributed by atoms with Crippen LogP contribution in [-0.2, 0) is 9.84 Å². The first-order valence-electron chi connectivity index (χ1n) is 13.6. The van der Waals surface area contributed by atoms with Gasteiger partial charge in [-0.1, -0.05) is 0 Å². The minimum Gasteiger partial charge on any atom is -0.494 e. The number of ether oxygens (including phenoxy) is 1. The maximum atomic E-state index is 14.2. The van der Waals surface area contributed by atoms with Crippen LogP contribution >= 0.6 is 11.3 Å². The minimum absolute atomic E-state index is 0.0689. The van der Waals surface area contributed by atoms with Crippen molar-refractivity contribution in [3.8, 4) is 16.3 Å². The molecular weight excluding hydrogens is 583 g/mol. The number of thiazole rings is 1. The molecular formula is C28H31FN6O5S2. The van der Waals surface area contributed by atoms with Gasteiger partial charge in [0.15, 0.2) is 21.4 Å². The summed E-state index contributed by atoms with van der Waals surface area (Å²) in [4.78, 5) is 18.3. The van der Waals surface area contributed by atoms with Gasteiger partial charge in [0.2, 0.25) is 5.95 Å². The number of fused-ring (bicyclic) bond motifs is 1. The van der Waals surface area contributed by atoms with E-state index in [4.69, 9.17) is 14.7 Å². The van der Waals surface area contributed by atoms with Gasteiger partial charge >= 0.3 is 0 Å². The third-order valence-electron chi connectivity index (χ3n) is 7.74. The highest BCUT2D eigenvalue weighted by atomic mass is 32.2. The number of anilines is 2. The summed E-state index contributed by atoms with van der Waals surface area (Å²) in [5, 5.41) is 29.2. The monoisotopic (exact) mass is 614 g/mol. The number of hydrogen-bond acceptors (Lipinski definition) is 12. The predicted molar refractivity (Wildman–Crippen MR) is 157 cm³/mol. The van der Waals surface area contributed by atoms with Crippen LogP contribution in [0.3, 0.4) is 0 Å². The Bertz CT molecular complexity index is 1760. The number of aryl methyl sites for hydroxylation is 2. The molecule has 0 aliphatic heterocycles. The number of sulfone groups is 1. The number of pyridine rings is 1. The summed E-state index contributed by atoms with van der Waals surface area (Å²) in [5.41, 5.74) is 2.90. The molecule has 42 heavy (non-hydrogen) atoms. The third-order valence-corrected chi connectivity index (χ3v) is 10.6. The quantitative estimate of drug-likeness (QED) is 0.219. The number of nitrogens with zero attached hydrogens (tertiary/aromatic N) is 4. The number of aromatic nitrogens is 4. The SMILES string of the molecule is COc1ccc(S(=O)(=O)C[C@H]2C[C@@H](Nc3nc(NC4CC4)nc(C)c3-c3nc4c(C)nccc4s3)[C@H](O)[C@@H]2O)cc1F. The molecule has 2 aliphatic carbocycles. The first kappa shape index (κ1) is 28.6. The highest BCUT2D eigenvalue weighted by Gasteiger charge is 2.44. The summed E-state index contributed by atoms with van der Waals surface area (Å²) in [6.07, 6.45) is 1.32. The number of rotatable bonds is 9.